The Balaban J connectivity index is 2.12. The number of nitrogens with one attached hydrogen (secondary N) is 1. The average Bonchev–Trinajstić information content (AvgIpc) is 2.86. The molecule has 0 bridgehead atoms. The minimum absolute atomic E-state index is 0.156. The van der Waals surface area contributed by atoms with Gasteiger partial charge in [0.05, 0.1) is 5.69 Å². The van der Waals surface area contributed by atoms with Crippen LogP contribution in [0.2, 0.25) is 5.02 Å². The van der Waals surface area contributed by atoms with Gasteiger partial charge in [-0.15, -0.1) is 0 Å². The Bertz CT molecular complexity index is 819. The Morgan fingerprint density at radius 3 is 2.45 bits per heavy atom. The third kappa shape index (κ3) is 2.72. The number of hydrogen-bond donors (Lipinski definition) is 1. The zero-order valence-electron chi connectivity index (χ0n) is 12.4. The molecule has 4 heteroatoms. The van der Waals surface area contributed by atoms with Crippen LogP contribution in [0.15, 0.2) is 52.9 Å². The number of para-hydroxylation sites is 1. The standard InChI is InChI=1S/C18H16ClNO2/c1-11(2)20-16-14-5-3-4-6-15(14)22-18(16)17(21)12-7-9-13(19)10-8-12/h3-11,20H,1-2H3. The first-order valence-electron chi connectivity index (χ1n) is 7.14. The van der Waals surface area contributed by atoms with Crippen molar-refractivity contribution in [1.29, 1.82) is 0 Å². The predicted octanol–water partition coefficient (Wildman–Crippen LogP) is 5.14. The zero-order chi connectivity index (χ0) is 15.7. The van der Waals surface area contributed by atoms with Gasteiger partial charge in [0.1, 0.15) is 5.58 Å². The quantitative estimate of drug-likeness (QED) is 0.678. The number of furan rings is 1. The lowest BCUT2D eigenvalue weighted by atomic mass is 10.1. The average molecular weight is 314 g/mol. The smallest absolute Gasteiger partial charge is 0.230 e. The molecule has 0 aliphatic carbocycles. The van der Waals surface area contributed by atoms with Crippen LogP contribution in [-0.2, 0) is 0 Å². The first-order chi connectivity index (χ1) is 10.6. The maximum atomic E-state index is 12.8. The van der Waals surface area contributed by atoms with Crippen LogP contribution < -0.4 is 5.32 Å². The molecule has 0 spiro atoms. The molecule has 0 aliphatic rings. The highest BCUT2D eigenvalue weighted by Gasteiger charge is 2.22. The topological polar surface area (TPSA) is 42.2 Å². The molecule has 2 aromatic carbocycles. The van der Waals surface area contributed by atoms with Gasteiger partial charge in [0.15, 0.2) is 5.76 Å². The molecule has 0 atom stereocenters. The van der Waals surface area contributed by atoms with E-state index in [9.17, 15) is 4.79 Å². The molecule has 0 saturated heterocycles. The second-order valence-electron chi connectivity index (χ2n) is 5.44. The normalized spacial score (nSPS) is 11.1. The van der Waals surface area contributed by atoms with E-state index >= 15 is 0 Å². The van der Waals surface area contributed by atoms with E-state index in [0.717, 1.165) is 11.1 Å². The zero-order valence-corrected chi connectivity index (χ0v) is 13.1. The summed E-state index contributed by atoms with van der Waals surface area (Å²) < 4.78 is 5.80. The van der Waals surface area contributed by atoms with Crippen LogP contribution in [0.3, 0.4) is 0 Å². The minimum atomic E-state index is -0.156. The number of benzene rings is 2. The van der Waals surface area contributed by atoms with Crippen LogP contribution in [0.5, 0.6) is 0 Å². The van der Waals surface area contributed by atoms with Crippen LogP contribution in [0.1, 0.15) is 30.0 Å². The van der Waals surface area contributed by atoms with E-state index in [-0.39, 0.29) is 11.8 Å². The Morgan fingerprint density at radius 2 is 1.77 bits per heavy atom. The summed E-state index contributed by atoms with van der Waals surface area (Å²) in [5, 5.41) is 4.83. The Kier molecular flexibility index (Phi) is 3.90. The number of carbonyl (C=O) groups is 1. The fourth-order valence-corrected chi connectivity index (χ4v) is 2.50. The van der Waals surface area contributed by atoms with Crippen LogP contribution >= 0.6 is 11.6 Å². The van der Waals surface area contributed by atoms with Crippen molar-refractivity contribution in [2.75, 3.05) is 5.32 Å². The molecule has 22 heavy (non-hydrogen) atoms. The van der Waals surface area contributed by atoms with Crippen molar-refractivity contribution in [3.63, 3.8) is 0 Å². The first kappa shape index (κ1) is 14.7. The molecule has 0 unspecified atom stereocenters. The van der Waals surface area contributed by atoms with Gasteiger partial charge in [0, 0.05) is 22.0 Å². The molecule has 0 amide bonds. The van der Waals surface area contributed by atoms with Gasteiger partial charge in [-0.3, -0.25) is 4.79 Å². The summed E-state index contributed by atoms with van der Waals surface area (Å²) in [7, 11) is 0. The molecule has 1 aromatic heterocycles. The SMILES string of the molecule is CC(C)Nc1c(C(=O)c2ccc(Cl)cc2)oc2ccccc12. The maximum Gasteiger partial charge on any atom is 0.230 e. The molecule has 0 aliphatic heterocycles. The van der Waals surface area contributed by atoms with Crippen molar-refractivity contribution in [2.45, 2.75) is 19.9 Å². The fourth-order valence-electron chi connectivity index (χ4n) is 2.37. The predicted molar refractivity (Wildman–Crippen MR) is 89.9 cm³/mol. The van der Waals surface area contributed by atoms with E-state index in [1.807, 2.05) is 38.1 Å². The number of hydrogen-bond acceptors (Lipinski definition) is 3. The molecule has 0 fully saturated rings. The molecule has 112 valence electrons. The molecular formula is C18H16ClNO2. The Morgan fingerprint density at radius 1 is 1.09 bits per heavy atom. The summed E-state index contributed by atoms with van der Waals surface area (Å²) in [5.74, 6) is 0.174. The largest absolute Gasteiger partial charge is 0.450 e. The minimum Gasteiger partial charge on any atom is -0.450 e. The number of ketones is 1. The van der Waals surface area contributed by atoms with Gasteiger partial charge >= 0.3 is 0 Å². The van der Waals surface area contributed by atoms with Gasteiger partial charge < -0.3 is 9.73 Å². The molecule has 3 aromatic rings. The molecular weight excluding hydrogens is 298 g/mol. The summed E-state index contributed by atoms with van der Waals surface area (Å²) >= 11 is 5.88. The van der Waals surface area contributed by atoms with Gasteiger partial charge in [0.2, 0.25) is 5.78 Å². The van der Waals surface area contributed by atoms with E-state index in [2.05, 4.69) is 5.32 Å². The third-order valence-electron chi connectivity index (χ3n) is 3.34. The van der Waals surface area contributed by atoms with Gasteiger partial charge in [0.25, 0.3) is 0 Å². The Hall–Kier alpha value is -2.26. The lowest BCUT2D eigenvalue weighted by molar-refractivity contribution is 0.101. The maximum absolute atomic E-state index is 12.8. The summed E-state index contributed by atoms with van der Waals surface area (Å²) in [6.45, 7) is 4.05. The van der Waals surface area contributed by atoms with E-state index in [1.54, 1.807) is 24.3 Å². The second kappa shape index (κ2) is 5.85. The summed E-state index contributed by atoms with van der Waals surface area (Å²) in [5.41, 5.74) is 1.99. The van der Waals surface area contributed by atoms with Crippen molar-refractivity contribution in [3.8, 4) is 0 Å². The highest BCUT2D eigenvalue weighted by atomic mass is 35.5. The third-order valence-corrected chi connectivity index (χ3v) is 3.59. The molecule has 0 radical (unpaired) electrons. The van der Waals surface area contributed by atoms with E-state index < -0.39 is 0 Å². The van der Waals surface area contributed by atoms with Crippen molar-refractivity contribution in [1.82, 2.24) is 0 Å². The lowest BCUT2D eigenvalue weighted by Gasteiger charge is -2.10. The number of carbonyl (C=O) groups excluding carboxylic acids is 1. The van der Waals surface area contributed by atoms with Gasteiger partial charge in [-0.2, -0.15) is 0 Å². The highest BCUT2D eigenvalue weighted by Crippen LogP contribution is 2.33. The van der Waals surface area contributed by atoms with E-state index in [1.165, 1.54) is 0 Å². The molecule has 0 saturated carbocycles. The van der Waals surface area contributed by atoms with E-state index in [4.69, 9.17) is 16.0 Å². The number of anilines is 1. The summed E-state index contributed by atoms with van der Waals surface area (Å²) in [4.78, 5) is 12.8. The van der Waals surface area contributed by atoms with Crippen LogP contribution in [0, 0.1) is 0 Å². The van der Waals surface area contributed by atoms with Crippen molar-refractivity contribution >= 4 is 34.0 Å². The number of rotatable bonds is 4. The second-order valence-corrected chi connectivity index (χ2v) is 5.87. The molecule has 3 nitrogen and oxygen atoms in total. The highest BCUT2D eigenvalue weighted by molar-refractivity contribution is 6.30. The Labute approximate surface area is 133 Å². The first-order valence-corrected chi connectivity index (χ1v) is 7.52. The van der Waals surface area contributed by atoms with Crippen molar-refractivity contribution in [2.24, 2.45) is 0 Å². The van der Waals surface area contributed by atoms with Crippen molar-refractivity contribution < 1.29 is 9.21 Å². The van der Waals surface area contributed by atoms with Crippen LogP contribution in [0.4, 0.5) is 5.69 Å². The lowest BCUT2D eigenvalue weighted by Crippen LogP contribution is -2.12. The van der Waals surface area contributed by atoms with Crippen molar-refractivity contribution in [3.05, 3.63) is 64.9 Å². The molecule has 1 N–H and O–H groups in total. The number of halogens is 1. The van der Waals surface area contributed by atoms with Crippen LogP contribution in [0.25, 0.3) is 11.0 Å². The van der Waals surface area contributed by atoms with E-state index in [0.29, 0.717) is 21.9 Å². The fraction of sp³-hybridized carbons (Fsp3) is 0.167. The van der Waals surface area contributed by atoms with Gasteiger partial charge in [-0.05, 0) is 50.2 Å². The monoisotopic (exact) mass is 313 g/mol. The van der Waals surface area contributed by atoms with Crippen LogP contribution in [-0.4, -0.2) is 11.8 Å². The number of fused-ring (bicyclic) bond motifs is 1. The van der Waals surface area contributed by atoms with Gasteiger partial charge in [-0.1, -0.05) is 23.7 Å². The van der Waals surface area contributed by atoms with Gasteiger partial charge in [-0.25, -0.2) is 0 Å². The molecule has 3 rings (SSSR count). The summed E-state index contributed by atoms with van der Waals surface area (Å²) in [6.07, 6.45) is 0. The molecule has 1 heterocycles. The summed E-state index contributed by atoms with van der Waals surface area (Å²) in [6, 6.07) is 14.6.